The molecular formula is C26H20N4O2S. The van der Waals surface area contributed by atoms with Crippen molar-refractivity contribution in [1.82, 2.24) is 9.55 Å². The number of aromatic nitrogens is 2. The Morgan fingerprint density at radius 3 is 2.52 bits per heavy atom. The molecule has 2 heterocycles. The van der Waals surface area contributed by atoms with Crippen molar-refractivity contribution in [3.05, 3.63) is 109 Å². The van der Waals surface area contributed by atoms with E-state index < -0.39 is 5.91 Å². The average molecular weight is 453 g/mol. The van der Waals surface area contributed by atoms with Gasteiger partial charge in [-0.25, -0.2) is 0 Å². The SMILES string of the molecule is Cc1ccc(C)c(NC(=O)/C(C#N)=c2\s/c(=C/c3ccncc3)c(=O)n2-c2ccccc2)c1. The fourth-order valence-corrected chi connectivity index (χ4v) is 4.43. The first-order chi connectivity index (χ1) is 16.0. The zero-order chi connectivity index (χ0) is 23.4. The minimum absolute atomic E-state index is 0.128. The number of benzene rings is 2. The predicted octanol–water partition coefficient (Wildman–Crippen LogP) is 3.05. The summed E-state index contributed by atoms with van der Waals surface area (Å²) in [4.78, 5) is 30.5. The van der Waals surface area contributed by atoms with Gasteiger partial charge in [-0.3, -0.25) is 19.1 Å². The van der Waals surface area contributed by atoms with Gasteiger partial charge in [0.1, 0.15) is 10.7 Å². The Morgan fingerprint density at radius 2 is 1.82 bits per heavy atom. The first-order valence-corrected chi connectivity index (χ1v) is 11.0. The Labute approximate surface area is 194 Å². The minimum Gasteiger partial charge on any atom is -0.321 e. The van der Waals surface area contributed by atoms with Crippen LogP contribution in [0.3, 0.4) is 0 Å². The summed E-state index contributed by atoms with van der Waals surface area (Å²) in [6.07, 6.45) is 5.01. The summed E-state index contributed by atoms with van der Waals surface area (Å²) >= 11 is 1.11. The van der Waals surface area contributed by atoms with Crippen molar-refractivity contribution < 1.29 is 4.79 Å². The normalized spacial score (nSPS) is 12.2. The van der Waals surface area contributed by atoms with Crippen LogP contribution in [0.1, 0.15) is 16.7 Å². The molecule has 1 N–H and O–H groups in total. The first-order valence-electron chi connectivity index (χ1n) is 10.2. The summed E-state index contributed by atoms with van der Waals surface area (Å²) in [5, 5.41) is 12.8. The number of carbonyl (C=O) groups is 1. The van der Waals surface area contributed by atoms with Crippen molar-refractivity contribution in [2.75, 3.05) is 5.32 Å². The van der Waals surface area contributed by atoms with Crippen LogP contribution in [0.2, 0.25) is 0 Å². The summed E-state index contributed by atoms with van der Waals surface area (Å²) in [5.74, 6) is -0.562. The Hall–Kier alpha value is -4.28. The molecular weight excluding hydrogens is 432 g/mol. The van der Waals surface area contributed by atoms with Crippen LogP contribution in [0.25, 0.3) is 17.3 Å². The summed E-state index contributed by atoms with van der Waals surface area (Å²) in [5.41, 5.74) is 3.44. The van der Waals surface area contributed by atoms with E-state index in [1.165, 1.54) is 4.57 Å². The van der Waals surface area contributed by atoms with Crippen molar-refractivity contribution in [3.63, 3.8) is 0 Å². The van der Waals surface area contributed by atoms with E-state index in [4.69, 9.17) is 0 Å². The fraction of sp³-hybridized carbons (Fsp3) is 0.0769. The van der Waals surface area contributed by atoms with Gasteiger partial charge in [-0.1, -0.05) is 30.3 Å². The van der Waals surface area contributed by atoms with Crippen molar-refractivity contribution in [2.24, 2.45) is 0 Å². The molecule has 0 unspecified atom stereocenters. The number of para-hydroxylation sites is 1. The van der Waals surface area contributed by atoms with E-state index in [-0.39, 0.29) is 15.8 Å². The molecule has 1 amide bonds. The Bertz CT molecular complexity index is 1550. The molecule has 0 radical (unpaired) electrons. The highest BCUT2D eigenvalue weighted by Crippen LogP contribution is 2.17. The van der Waals surface area contributed by atoms with Crippen molar-refractivity contribution in [2.45, 2.75) is 13.8 Å². The third-order valence-electron chi connectivity index (χ3n) is 5.04. The second kappa shape index (κ2) is 9.47. The summed E-state index contributed by atoms with van der Waals surface area (Å²) in [6, 6.07) is 20.3. The molecule has 2 aromatic heterocycles. The number of hydrogen-bond acceptors (Lipinski definition) is 5. The molecule has 0 bridgehead atoms. The second-order valence-corrected chi connectivity index (χ2v) is 8.46. The van der Waals surface area contributed by atoms with Gasteiger partial charge in [0.25, 0.3) is 11.5 Å². The largest absolute Gasteiger partial charge is 0.321 e. The van der Waals surface area contributed by atoms with Gasteiger partial charge < -0.3 is 5.32 Å². The fourth-order valence-electron chi connectivity index (χ4n) is 3.32. The average Bonchev–Trinajstić information content (AvgIpc) is 3.13. The number of pyridine rings is 1. The van der Waals surface area contributed by atoms with E-state index in [9.17, 15) is 14.9 Å². The van der Waals surface area contributed by atoms with Crippen LogP contribution < -0.4 is 20.1 Å². The lowest BCUT2D eigenvalue weighted by Crippen LogP contribution is -2.32. The molecule has 2 aromatic carbocycles. The van der Waals surface area contributed by atoms with Crippen LogP contribution >= 0.6 is 11.3 Å². The van der Waals surface area contributed by atoms with E-state index in [0.29, 0.717) is 15.9 Å². The number of thiazole rings is 1. The van der Waals surface area contributed by atoms with Gasteiger partial charge in [0.15, 0.2) is 5.57 Å². The molecule has 162 valence electrons. The maximum atomic E-state index is 13.4. The van der Waals surface area contributed by atoms with E-state index in [1.807, 2.05) is 44.2 Å². The molecule has 4 aromatic rings. The zero-order valence-corrected chi connectivity index (χ0v) is 18.9. The van der Waals surface area contributed by atoms with Gasteiger partial charge in [-0.05, 0) is 66.9 Å². The van der Waals surface area contributed by atoms with Gasteiger partial charge in [-0.15, -0.1) is 11.3 Å². The van der Waals surface area contributed by atoms with Crippen LogP contribution in [0, 0.1) is 25.2 Å². The molecule has 0 aliphatic heterocycles. The van der Waals surface area contributed by atoms with Gasteiger partial charge in [-0.2, -0.15) is 5.26 Å². The molecule has 0 atom stereocenters. The number of nitrogens with one attached hydrogen (secondary N) is 1. The molecule has 4 rings (SSSR count). The Balaban J connectivity index is 1.95. The van der Waals surface area contributed by atoms with Crippen LogP contribution in [-0.4, -0.2) is 15.5 Å². The van der Waals surface area contributed by atoms with Crippen molar-refractivity contribution in [1.29, 1.82) is 5.26 Å². The van der Waals surface area contributed by atoms with Gasteiger partial charge >= 0.3 is 0 Å². The summed E-state index contributed by atoms with van der Waals surface area (Å²) in [6.45, 7) is 3.81. The standard InChI is InChI=1S/C26H20N4O2S/c1-17-8-9-18(2)22(14-17)29-24(31)21(16-27)26-30(20-6-4-3-5-7-20)25(32)23(33-26)15-19-10-12-28-13-11-19/h3-15H,1-2H3,(H,29,31)/b23-15+,26-21-. The Kier molecular flexibility index (Phi) is 6.29. The number of aryl methyl sites for hydroxylation is 2. The molecule has 6 nitrogen and oxygen atoms in total. The highest BCUT2D eigenvalue weighted by atomic mass is 32.1. The lowest BCUT2D eigenvalue weighted by Gasteiger charge is -2.09. The maximum Gasteiger partial charge on any atom is 0.273 e. The van der Waals surface area contributed by atoms with Crippen molar-refractivity contribution >= 4 is 34.6 Å². The minimum atomic E-state index is -0.562. The molecule has 7 heteroatoms. The summed E-state index contributed by atoms with van der Waals surface area (Å²) < 4.78 is 2.10. The van der Waals surface area contributed by atoms with Crippen LogP contribution in [0.4, 0.5) is 5.69 Å². The number of amides is 1. The van der Waals surface area contributed by atoms with Crippen LogP contribution in [0.15, 0.2) is 77.9 Å². The van der Waals surface area contributed by atoms with Crippen LogP contribution in [-0.2, 0) is 4.79 Å². The number of carbonyl (C=O) groups excluding carboxylic acids is 1. The molecule has 0 saturated heterocycles. The second-order valence-electron chi connectivity index (χ2n) is 7.43. The number of anilines is 1. The highest BCUT2D eigenvalue weighted by molar-refractivity contribution is 7.07. The quantitative estimate of drug-likeness (QED) is 0.516. The summed E-state index contributed by atoms with van der Waals surface area (Å²) in [7, 11) is 0. The molecule has 0 fully saturated rings. The van der Waals surface area contributed by atoms with E-state index >= 15 is 0 Å². The molecule has 0 aliphatic carbocycles. The lowest BCUT2D eigenvalue weighted by atomic mass is 10.1. The number of hydrogen-bond donors (Lipinski definition) is 1. The van der Waals surface area contributed by atoms with E-state index in [0.717, 1.165) is 28.0 Å². The highest BCUT2D eigenvalue weighted by Gasteiger charge is 2.18. The number of nitriles is 1. The van der Waals surface area contributed by atoms with E-state index in [1.54, 1.807) is 54.9 Å². The lowest BCUT2D eigenvalue weighted by molar-refractivity contribution is -0.111. The van der Waals surface area contributed by atoms with Crippen molar-refractivity contribution in [3.8, 4) is 11.8 Å². The molecule has 0 saturated carbocycles. The molecule has 0 aliphatic rings. The first kappa shape index (κ1) is 21.9. The van der Waals surface area contributed by atoms with Crippen LogP contribution in [0.5, 0.6) is 0 Å². The number of rotatable bonds is 4. The Morgan fingerprint density at radius 1 is 1.09 bits per heavy atom. The molecule has 0 spiro atoms. The van der Waals surface area contributed by atoms with Gasteiger partial charge in [0.2, 0.25) is 0 Å². The zero-order valence-electron chi connectivity index (χ0n) is 18.1. The monoisotopic (exact) mass is 452 g/mol. The smallest absolute Gasteiger partial charge is 0.273 e. The predicted molar refractivity (Wildman–Crippen MR) is 131 cm³/mol. The topological polar surface area (TPSA) is 87.8 Å². The molecule has 33 heavy (non-hydrogen) atoms. The van der Waals surface area contributed by atoms with E-state index in [2.05, 4.69) is 10.3 Å². The maximum absolute atomic E-state index is 13.4. The third-order valence-corrected chi connectivity index (χ3v) is 6.13. The van der Waals surface area contributed by atoms with Gasteiger partial charge in [0, 0.05) is 18.1 Å². The third kappa shape index (κ3) is 4.66. The number of nitrogens with zero attached hydrogens (tertiary/aromatic N) is 3. The van der Waals surface area contributed by atoms with Gasteiger partial charge in [0.05, 0.1) is 10.2 Å².